The Morgan fingerprint density at radius 1 is 0.946 bits per heavy atom. The first-order chi connectivity index (χ1) is 17.9. The highest BCUT2D eigenvalue weighted by Crippen LogP contribution is 2.34. The van der Waals surface area contributed by atoms with Gasteiger partial charge in [0.2, 0.25) is 0 Å². The number of aromatic nitrogens is 3. The van der Waals surface area contributed by atoms with Crippen molar-refractivity contribution in [1.29, 1.82) is 0 Å². The molecule has 0 fully saturated rings. The number of carbonyl (C=O) groups excluding carboxylic acids is 1. The zero-order chi connectivity index (χ0) is 25.9. The topological polar surface area (TPSA) is 51.0 Å². The predicted molar refractivity (Wildman–Crippen MR) is 153 cm³/mol. The summed E-state index contributed by atoms with van der Waals surface area (Å²) in [6, 6.07) is 26.7. The molecule has 0 N–H and O–H groups in total. The lowest BCUT2D eigenvalue weighted by Crippen LogP contribution is -2.34. The lowest BCUT2D eigenvalue weighted by Gasteiger charge is -2.20. The van der Waals surface area contributed by atoms with E-state index in [1.165, 1.54) is 16.7 Å². The summed E-state index contributed by atoms with van der Waals surface area (Å²) in [5.41, 5.74) is 7.35. The number of nitrogens with zero attached hydrogens (tertiary/aromatic N) is 4. The summed E-state index contributed by atoms with van der Waals surface area (Å²) < 4.78 is 3.06. The molecular weight excluding hydrogens is 476 g/mol. The number of thiazole rings is 1. The van der Waals surface area contributed by atoms with Gasteiger partial charge in [0.25, 0.3) is 5.91 Å². The van der Waals surface area contributed by atoms with Gasteiger partial charge in [-0.3, -0.25) is 14.4 Å². The van der Waals surface area contributed by atoms with Gasteiger partial charge in [-0.1, -0.05) is 79.8 Å². The lowest BCUT2D eigenvalue weighted by atomic mass is 10.0. The molecule has 5 rings (SSSR count). The average molecular weight is 509 g/mol. The molecule has 2 aromatic heterocycles. The molecule has 188 valence electrons. The smallest absolute Gasteiger partial charge is 0.260 e. The van der Waals surface area contributed by atoms with Crippen molar-refractivity contribution in [3.05, 3.63) is 113 Å². The van der Waals surface area contributed by atoms with Crippen LogP contribution in [0.1, 0.15) is 58.2 Å². The normalized spacial score (nSPS) is 11.4. The van der Waals surface area contributed by atoms with E-state index in [4.69, 9.17) is 4.98 Å². The molecule has 0 atom stereocenters. The summed E-state index contributed by atoms with van der Waals surface area (Å²) >= 11 is 1.57. The molecule has 0 unspecified atom stereocenters. The zero-order valence-corrected chi connectivity index (χ0v) is 22.6. The Kier molecular flexibility index (Phi) is 7.19. The largest absolute Gasteiger partial charge is 0.282 e. The first kappa shape index (κ1) is 24.9. The summed E-state index contributed by atoms with van der Waals surface area (Å²) in [7, 11) is 0. The predicted octanol–water partition coefficient (Wildman–Crippen LogP) is 7.17. The number of para-hydroxylation sites is 1. The third-order valence-corrected chi connectivity index (χ3v) is 7.67. The summed E-state index contributed by atoms with van der Waals surface area (Å²) in [5, 5.41) is 5.33. The Bertz CT molecular complexity index is 1520. The van der Waals surface area contributed by atoms with Crippen LogP contribution in [0.4, 0.5) is 5.13 Å². The second-order valence-electron chi connectivity index (χ2n) is 9.81. The summed E-state index contributed by atoms with van der Waals surface area (Å²) in [4.78, 5) is 20.7. The maximum Gasteiger partial charge on any atom is 0.260 e. The van der Waals surface area contributed by atoms with E-state index in [1.54, 1.807) is 11.3 Å². The Morgan fingerprint density at radius 3 is 2.35 bits per heavy atom. The van der Waals surface area contributed by atoms with Gasteiger partial charge >= 0.3 is 0 Å². The minimum Gasteiger partial charge on any atom is -0.282 e. The fourth-order valence-corrected chi connectivity index (χ4v) is 5.70. The third-order valence-electron chi connectivity index (χ3n) is 6.63. The van der Waals surface area contributed by atoms with Gasteiger partial charge in [-0.05, 0) is 67.1 Å². The van der Waals surface area contributed by atoms with Crippen LogP contribution in [0, 0.1) is 13.8 Å². The Labute approximate surface area is 222 Å². The molecule has 0 bridgehead atoms. The van der Waals surface area contributed by atoms with E-state index in [9.17, 15) is 4.79 Å². The maximum absolute atomic E-state index is 13.9. The summed E-state index contributed by atoms with van der Waals surface area (Å²) in [6.45, 7) is 9.48. The quantitative estimate of drug-likeness (QED) is 0.223. The van der Waals surface area contributed by atoms with Gasteiger partial charge in [0.05, 0.1) is 22.5 Å². The number of anilines is 1. The second-order valence-corrected chi connectivity index (χ2v) is 10.8. The Hall–Kier alpha value is -3.77. The summed E-state index contributed by atoms with van der Waals surface area (Å²) in [5.74, 6) is 0.313. The molecule has 1 amide bonds. The molecule has 37 heavy (non-hydrogen) atoms. The van der Waals surface area contributed by atoms with Crippen LogP contribution in [0.25, 0.3) is 10.2 Å². The molecule has 0 radical (unpaired) electrons. The number of amides is 1. The highest BCUT2D eigenvalue weighted by Gasteiger charge is 2.23. The lowest BCUT2D eigenvalue weighted by molar-refractivity contribution is 0.0985. The van der Waals surface area contributed by atoms with Crippen LogP contribution in [-0.2, 0) is 13.0 Å². The fraction of sp³-hybridized carbons (Fsp3) is 0.258. The van der Waals surface area contributed by atoms with Gasteiger partial charge in [0.15, 0.2) is 5.13 Å². The van der Waals surface area contributed by atoms with E-state index < -0.39 is 0 Å². The van der Waals surface area contributed by atoms with Crippen molar-refractivity contribution in [2.45, 2.75) is 46.6 Å². The summed E-state index contributed by atoms with van der Waals surface area (Å²) in [6.07, 6.45) is 0.840. The second kappa shape index (κ2) is 10.7. The van der Waals surface area contributed by atoms with Crippen LogP contribution in [0.15, 0.2) is 78.9 Å². The van der Waals surface area contributed by atoms with E-state index in [2.05, 4.69) is 79.6 Å². The maximum atomic E-state index is 13.9. The highest BCUT2D eigenvalue weighted by atomic mass is 32.1. The zero-order valence-electron chi connectivity index (χ0n) is 21.8. The number of hydrogen-bond donors (Lipinski definition) is 0. The molecular formula is C31H32N4OS. The van der Waals surface area contributed by atoms with Crippen molar-refractivity contribution in [3.63, 3.8) is 0 Å². The standard InChI is InChI=1S/C31H32N4OS/c1-21(2)27-11-8-12-28-29(27)32-31(37-28)34(17-18-35-23(4)19-22(3)33-35)30(36)26-15-13-25(14-16-26)20-24-9-6-5-7-10-24/h5-16,19,21H,17-18,20H2,1-4H3. The highest BCUT2D eigenvalue weighted by molar-refractivity contribution is 7.22. The molecule has 5 aromatic rings. The van der Waals surface area contributed by atoms with Crippen LogP contribution < -0.4 is 4.90 Å². The van der Waals surface area contributed by atoms with Gasteiger partial charge in [-0.25, -0.2) is 4.98 Å². The van der Waals surface area contributed by atoms with E-state index in [0.29, 0.717) is 24.6 Å². The van der Waals surface area contributed by atoms with Crippen LogP contribution in [-0.4, -0.2) is 27.2 Å². The van der Waals surface area contributed by atoms with Crippen molar-refractivity contribution in [2.75, 3.05) is 11.4 Å². The van der Waals surface area contributed by atoms with Crippen molar-refractivity contribution in [3.8, 4) is 0 Å². The van der Waals surface area contributed by atoms with Gasteiger partial charge in [-0.15, -0.1) is 0 Å². The van der Waals surface area contributed by atoms with Crippen LogP contribution in [0.2, 0.25) is 0 Å². The van der Waals surface area contributed by atoms with E-state index in [1.807, 2.05) is 41.6 Å². The molecule has 0 aliphatic carbocycles. The van der Waals surface area contributed by atoms with E-state index in [-0.39, 0.29) is 5.91 Å². The van der Waals surface area contributed by atoms with E-state index >= 15 is 0 Å². The first-order valence-electron chi connectivity index (χ1n) is 12.7. The molecule has 0 saturated carbocycles. The molecule has 3 aromatic carbocycles. The molecule has 0 aliphatic rings. The van der Waals surface area contributed by atoms with E-state index in [0.717, 1.165) is 33.2 Å². The average Bonchev–Trinajstić information content (AvgIpc) is 3.46. The van der Waals surface area contributed by atoms with Gasteiger partial charge in [0.1, 0.15) is 0 Å². The molecule has 0 aliphatic heterocycles. The van der Waals surface area contributed by atoms with Crippen molar-refractivity contribution in [1.82, 2.24) is 14.8 Å². The number of hydrogen-bond acceptors (Lipinski definition) is 4. The minimum atomic E-state index is -0.0436. The van der Waals surface area contributed by atoms with Gasteiger partial charge in [0, 0.05) is 17.8 Å². The van der Waals surface area contributed by atoms with Crippen molar-refractivity contribution in [2.24, 2.45) is 0 Å². The Morgan fingerprint density at radius 2 is 1.68 bits per heavy atom. The van der Waals surface area contributed by atoms with Crippen molar-refractivity contribution >= 4 is 32.6 Å². The van der Waals surface area contributed by atoms with Gasteiger partial charge < -0.3 is 0 Å². The van der Waals surface area contributed by atoms with Crippen LogP contribution in [0.5, 0.6) is 0 Å². The molecule has 0 saturated heterocycles. The third kappa shape index (κ3) is 5.49. The monoisotopic (exact) mass is 508 g/mol. The number of fused-ring (bicyclic) bond motifs is 1. The SMILES string of the molecule is Cc1cc(C)n(CCN(C(=O)c2ccc(Cc3ccccc3)cc2)c2nc3c(C(C)C)cccc3s2)n1. The number of benzene rings is 3. The number of aryl methyl sites for hydroxylation is 2. The molecule has 6 heteroatoms. The molecule has 5 nitrogen and oxygen atoms in total. The molecule has 2 heterocycles. The fourth-order valence-electron chi connectivity index (χ4n) is 4.67. The van der Waals surface area contributed by atoms with Crippen LogP contribution >= 0.6 is 11.3 Å². The molecule has 0 spiro atoms. The minimum absolute atomic E-state index is 0.0436. The van der Waals surface area contributed by atoms with Crippen molar-refractivity contribution < 1.29 is 4.79 Å². The van der Waals surface area contributed by atoms with Crippen LogP contribution in [0.3, 0.4) is 0 Å². The number of rotatable bonds is 8. The number of carbonyl (C=O) groups is 1. The Balaban J connectivity index is 1.46. The first-order valence-corrected chi connectivity index (χ1v) is 13.6. The van der Waals surface area contributed by atoms with Gasteiger partial charge in [-0.2, -0.15) is 5.10 Å².